The van der Waals surface area contributed by atoms with Crippen LogP contribution in [0.1, 0.15) is 57.8 Å². The molecule has 6 fully saturated rings. The van der Waals surface area contributed by atoms with E-state index in [-0.39, 0.29) is 24.5 Å². The molecule has 0 aromatic carbocycles. The topological polar surface area (TPSA) is 208 Å². The Morgan fingerprint density at radius 2 is 1.62 bits per heavy atom. The highest BCUT2D eigenvalue weighted by atomic mass is 16.5. The van der Waals surface area contributed by atoms with Gasteiger partial charge in [0.15, 0.2) is 11.4 Å². The Morgan fingerprint density at radius 3 is 2.30 bits per heavy atom. The van der Waals surface area contributed by atoms with Crippen molar-refractivity contribution in [3.8, 4) is 0 Å². The SMILES string of the molecule is O=C(O)C1C(=O)[C@@]2(O)C(O)C3C(O)C4C(O)CCC(C5CCC(CN6CCCC6)O5)C4C[C@@]3(O)C[C@@]2(O)CC1O. The van der Waals surface area contributed by atoms with E-state index in [0.29, 0.717) is 12.8 Å². The van der Waals surface area contributed by atoms with Crippen molar-refractivity contribution in [3.05, 3.63) is 0 Å². The molecule has 4 aliphatic carbocycles. The number of hydrogen-bond acceptors (Lipinski definition) is 11. The van der Waals surface area contributed by atoms with Crippen LogP contribution in [0.4, 0.5) is 0 Å². The van der Waals surface area contributed by atoms with E-state index in [4.69, 9.17) is 4.74 Å². The van der Waals surface area contributed by atoms with Crippen LogP contribution in [-0.4, -0.2) is 131 Å². The fourth-order valence-corrected chi connectivity index (χ4v) is 9.71. The number of nitrogens with zero attached hydrogens (tertiary/aromatic N) is 1. The number of carboxylic acid groups (broad SMARTS) is 1. The van der Waals surface area contributed by atoms with E-state index in [9.17, 15) is 50.4 Å². The second-order valence-corrected chi connectivity index (χ2v) is 13.6. The number of likely N-dealkylation sites (tertiary alicyclic amines) is 1. The summed E-state index contributed by atoms with van der Waals surface area (Å²) in [6, 6.07) is 0. The molecule has 0 amide bonds. The second kappa shape index (κ2) is 9.92. The van der Waals surface area contributed by atoms with Crippen molar-refractivity contribution in [3.63, 3.8) is 0 Å². The maximum Gasteiger partial charge on any atom is 0.316 e. The van der Waals surface area contributed by atoms with Gasteiger partial charge in [-0.15, -0.1) is 0 Å². The molecule has 4 saturated carbocycles. The van der Waals surface area contributed by atoms with Gasteiger partial charge in [-0.2, -0.15) is 0 Å². The molecule has 2 aliphatic heterocycles. The van der Waals surface area contributed by atoms with Gasteiger partial charge in [-0.1, -0.05) is 0 Å². The normalized spacial score (nSPS) is 55.0. The standard InChI is InChI=1S/C28H43NO11/c30-16-5-4-14(18-6-3-13(40-18)11-29-7-1-2-8-29)15-9-26(37)12-27(38)10-17(31)20(25(35)36)23(33)28(27,39)24(34)21(26)22(32)19(15)16/h13-22,24,30-32,34,37-39H,1-12H2,(H,35,36)/t13?,14?,15?,16?,17?,18?,19?,20?,21?,22?,24?,26-,27+,28-/m1/s1. The van der Waals surface area contributed by atoms with Gasteiger partial charge in [0.05, 0.1) is 36.1 Å². The van der Waals surface area contributed by atoms with Gasteiger partial charge in [-0.25, -0.2) is 0 Å². The summed E-state index contributed by atoms with van der Waals surface area (Å²) in [5.41, 5.74) is -7.52. The second-order valence-electron chi connectivity index (χ2n) is 13.6. The van der Waals surface area contributed by atoms with E-state index in [1.165, 1.54) is 12.8 Å². The van der Waals surface area contributed by atoms with Crippen LogP contribution in [0.25, 0.3) is 0 Å². The Kier molecular flexibility index (Phi) is 7.16. The number of Topliss-reactive ketones (excluding diaryl/α,β-unsaturated/α-hetero) is 1. The minimum absolute atomic E-state index is 0.0279. The van der Waals surface area contributed by atoms with Gasteiger partial charge in [0.25, 0.3) is 0 Å². The van der Waals surface area contributed by atoms with Gasteiger partial charge in [0.1, 0.15) is 17.6 Å². The number of rotatable bonds is 4. The van der Waals surface area contributed by atoms with Crippen molar-refractivity contribution in [1.29, 1.82) is 0 Å². The fraction of sp³-hybridized carbons (Fsp3) is 0.929. The molecular weight excluding hydrogens is 526 g/mol. The van der Waals surface area contributed by atoms with Crippen LogP contribution in [0.15, 0.2) is 0 Å². The molecule has 12 heteroatoms. The summed E-state index contributed by atoms with van der Waals surface area (Å²) >= 11 is 0. The molecule has 14 atom stereocenters. The Bertz CT molecular complexity index is 1020. The molecular formula is C28H43NO11. The maximum atomic E-state index is 13.2. The van der Waals surface area contributed by atoms with Gasteiger partial charge in [-0.3, -0.25) is 9.59 Å². The highest BCUT2D eigenvalue weighted by Crippen LogP contribution is 2.61. The largest absolute Gasteiger partial charge is 0.481 e. The van der Waals surface area contributed by atoms with E-state index in [0.717, 1.165) is 32.5 Å². The predicted molar refractivity (Wildman–Crippen MR) is 136 cm³/mol. The number of hydrogen-bond donors (Lipinski definition) is 8. The van der Waals surface area contributed by atoms with Crippen molar-refractivity contribution >= 4 is 11.8 Å². The van der Waals surface area contributed by atoms with Crippen LogP contribution in [0.5, 0.6) is 0 Å². The van der Waals surface area contributed by atoms with Crippen LogP contribution < -0.4 is 0 Å². The molecule has 40 heavy (non-hydrogen) atoms. The first-order chi connectivity index (χ1) is 18.8. The van der Waals surface area contributed by atoms with Crippen LogP contribution in [-0.2, 0) is 14.3 Å². The van der Waals surface area contributed by atoms with Crippen LogP contribution >= 0.6 is 0 Å². The minimum Gasteiger partial charge on any atom is -0.481 e. The Morgan fingerprint density at radius 1 is 0.925 bits per heavy atom. The highest BCUT2D eigenvalue weighted by molar-refractivity contribution is 6.05. The van der Waals surface area contributed by atoms with Crippen molar-refractivity contribution in [2.75, 3.05) is 19.6 Å². The molecule has 2 heterocycles. The molecule has 0 aromatic rings. The highest BCUT2D eigenvalue weighted by Gasteiger charge is 2.76. The number of carbonyl (C=O) groups is 2. The summed E-state index contributed by atoms with van der Waals surface area (Å²) in [6.45, 7) is 2.99. The van der Waals surface area contributed by atoms with Crippen molar-refractivity contribution in [2.24, 2.45) is 29.6 Å². The predicted octanol–water partition coefficient (Wildman–Crippen LogP) is -1.99. The molecule has 11 unspecified atom stereocenters. The van der Waals surface area contributed by atoms with E-state index in [1.807, 2.05) is 0 Å². The fourth-order valence-electron chi connectivity index (χ4n) is 9.71. The molecule has 0 spiro atoms. The smallest absolute Gasteiger partial charge is 0.316 e. The summed E-state index contributed by atoms with van der Waals surface area (Å²) in [7, 11) is 0. The molecule has 0 radical (unpaired) electrons. The van der Waals surface area contributed by atoms with Crippen molar-refractivity contribution in [2.45, 2.75) is 111 Å². The van der Waals surface area contributed by atoms with Gasteiger partial charge >= 0.3 is 5.97 Å². The number of aliphatic hydroxyl groups is 7. The summed E-state index contributed by atoms with van der Waals surface area (Å²) < 4.78 is 6.50. The molecule has 0 aromatic heterocycles. The number of ketones is 1. The third-order valence-corrected chi connectivity index (χ3v) is 11.5. The number of aliphatic carboxylic acids is 1. The zero-order chi connectivity index (χ0) is 28.8. The van der Waals surface area contributed by atoms with Crippen LogP contribution in [0.2, 0.25) is 0 Å². The lowest BCUT2D eigenvalue weighted by molar-refractivity contribution is -0.324. The zero-order valence-corrected chi connectivity index (χ0v) is 22.6. The number of carboxylic acids is 1. The molecule has 226 valence electrons. The molecule has 12 nitrogen and oxygen atoms in total. The lowest BCUT2D eigenvalue weighted by atomic mass is 9.45. The Labute approximate surface area is 232 Å². The number of carbonyl (C=O) groups excluding carboxylic acids is 1. The lowest BCUT2D eigenvalue weighted by Gasteiger charge is -2.65. The monoisotopic (exact) mass is 569 g/mol. The molecule has 6 aliphatic rings. The summed E-state index contributed by atoms with van der Waals surface area (Å²) in [4.78, 5) is 27.3. The van der Waals surface area contributed by atoms with Gasteiger partial charge in [-0.05, 0) is 69.9 Å². The number of aliphatic hydroxyl groups excluding tert-OH is 4. The maximum absolute atomic E-state index is 13.2. The zero-order valence-electron chi connectivity index (χ0n) is 22.6. The molecule has 0 bridgehead atoms. The third kappa shape index (κ3) is 4.13. The Balaban J connectivity index is 1.28. The summed E-state index contributed by atoms with van der Waals surface area (Å²) in [6.07, 6.45) is -2.99. The third-order valence-electron chi connectivity index (χ3n) is 11.5. The first-order valence-electron chi connectivity index (χ1n) is 14.8. The van der Waals surface area contributed by atoms with Crippen molar-refractivity contribution < 1.29 is 55.2 Å². The van der Waals surface area contributed by atoms with E-state index < -0.39 is 89.5 Å². The quantitative estimate of drug-likeness (QED) is 0.173. The average Bonchev–Trinajstić information content (AvgIpc) is 3.54. The first kappa shape index (κ1) is 28.9. The van der Waals surface area contributed by atoms with Gasteiger partial charge in [0.2, 0.25) is 0 Å². The van der Waals surface area contributed by atoms with E-state index in [1.54, 1.807) is 0 Å². The molecule has 6 rings (SSSR count). The average molecular weight is 570 g/mol. The summed E-state index contributed by atoms with van der Waals surface area (Å²) in [5.74, 6) is -8.10. The minimum atomic E-state index is -3.03. The number of fused-ring (bicyclic) bond motifs is 3. The van der Waals surface area contributed by atoms with Crippen LogP contribution in [0, 0.1) is 29.6 Å². The van der Waals surface area contributed by atoms with E-state index in [2.05, 4.69) is 4.90 Å². The molecule has 2 saturated heterocycles. The molecule has 8 N–H and O–H groups in total. The van der Waals surface area contributed by atoms with Gasteiger partial charge in [0, 0.05) is 31.2 Å². The van der Waals surface area contributed by atoms with Crippen LogP contribution in [0.3, 0.4) is 0 Å². The Hall–Kier alpha value is -1.22. The van der Waals surface area contributed by atoms with Crippen molar-refractivity contribution in [1.82, 2.24) is 4.90 Å². The van der Waals surface area contributed by atoms with Gasteiger partial charge < -0.3 is 50.5 Å². The summed E-state index contributed by atoms with van der Waals surface area (Å²) in [5, 5.41) is 89.0. The number of ether oxygens (including phenoxy) is 1. The van der Waals surface area contributed by atoms with E-state index >= 15 is 0 Å². The first-order valence-corrected chi connectivity index (χ1v) is 14.8. The lowest BCUT2D eigenvalue weighted by Crippen LogP contribution is -2.82.